The van der Waals surface area contributed by atoms with Crippen molar-refractivity contribution in [2.24, 2.45) is 0 Å². The zero-order valence-electron chi connectivity index (χ0n) is 20.3. The van der Waals surface area contributed by atoms with E-state index in [2.05, 4.69) is 36.5 Å². The number of nitrogens with one attached hydrogen (secondary N) is 1. The molecule has 0 unspecified atom stereocenters. The molecule has 0 aliphatic heterocycles. The summed E-state index contributed by atoms with van der Waals surface area (Å²) in [6.07, 6.45) is 0.795. The van der Waals surface area contributed by atoms with Gasteiger partial charge in [-0.3, -0.25) is 9.10 Å². The van der Waals surface area contributed by atoms with E-state index in [1.165, 1.54) is 11.1 Å². The van der Waals surface area contributed by atoms with Gasteiger partial charge in [-0.25, -0.2) is 8.42 Å². The quantitative estimate of drug-likeness (QED) is 0.313. The number of benzene rings is 3. The predicted molar refractivity (Wildman–Crippen MR) is 147 cm³/mol. The van der Waals surface area contributed by atoms with Gasteiger partial charge in [-0.05, 0) is 68.3 Å². The third kappa shape index (κ3) is 7.75. The highest BCUT2D eigenvalue weighted by Crippen LogP contribution is 2.29. The second-order valence-corrected chi connectivity index (χ2v) is 11.9. The number of halogens is 1. The van der Waals surface area contributed by atoms with E-state index >= 15 is 0 Å². The molecule has 5 nitrogen and oxygen atoms in total. The van der Waals surface area contributed by atoms with Crippen molar-refractivity contribution in [1.29, 1.82) is 0 Å². The first-order valence-corrected chi connectivity index (χ1v) is 14.4. The largest absolute Gasteiger partial charge is 0.354 e. The number of carbonyl (C=O) groups excluding carboxylic acids is 1. The summed E-state index contributed by atoms with van der Waals surface area (Å²) in [4.78, 5) is 12.9. The molecule has 0 aliphatic carbocycles. The number of thioether (sulfide) groups is 1. The maximum Gasteiger partial charge on any atom is 0.264 e. The number of anilines is 1. The van der Waals surface area contributed by atoms with Crippen molar-refractivity contribution < 1.29 is 13.2 Å². The Hall–Kier alpha value is -2.48. The normalized spacial score (nSPS) is 11.3. The zero-order chi connectivity index (χ0) is 25.4. The molecule has 0 aliphatic rings. The molecule has 1 amide bonds. The van der Waals surface area contributed by atoms with E-state index in [0.29, 0.717) is 22.8 Å². The van der Waals surface area contributed by atoms with Crippen molar-refractivity contribution in [2.75, 3.05) is 23.1 Å². The summed E-state index contributed by atoms with van der Waals surface area (Å²) in [6, 6.07) is 20.1. The second-order valence-electron chi connectivity index (χ2n) is 8.50. The molecule has 0 fully saturated rings. The Labute approximate surface area is 217 Å². The van der Waals surface area contributed by atoms with Crippen LogP contribution in [-0.4, -0.2) is 33.2 Å². The van der Waals surface area contributed by atoms with Gasteiger partial charge in [0, 0.05) is 17.3 Å². The van der Waals surface area contributed by atoms with E-state index < -0.39 is 10.0 Å². The van der Waals surface area contributed by atoms with Crippen molar-refractivity contribution in [3.8, 4) is 0 Å². The Morgan fingerprint density at radius 1 is 0.971 bits per heavy atom. The van der Waals surface area contributed by atoms with E-state index in [-0.39, 0.29) is 17.3 Å². The lowest BCUT2D eigenvalue weighted by atomic mass is 10.2. The molecule has 0 aromatic heterocycles. The molecule has 0 heterocycles. The monoisotopic (exact) mass is 530 g/mol. The molecule has 0 saturated heterocycles. The van der Waals surface area contributed by atoms with E-state index in [9.17, 15) is 13.2 Å². The van der Waals surface area contributed by atoms with Crippen LogP contribution < -0.4 is 9.62 Å². The fourth-order valence-corrected chi connectivity index (χ4v) is 6.12. The summed E-state index contributed by atoms with van der Waals surface area (Å²) in [5, 5.41) is 3.27. The molecule has 0 radical (unpaired) electrons. The minimum atomic E-state index is -3.97. The molecular formula is C27H31ClN2O3S2. The summed E-state index contributed by atoms with van der Waals surface area (Å²) in [7, 11) is -3.97. The van der Waals surface area contributed by atoms with Gasteiger partial charge < -0.3 is 5.32 Å². The van der Waals surface area contributed by atoms with E-state index in [4.69, 9.17) is 11.6 Å². The van der Waals surface area contributed by atoms with Crippen LogP contribution in [0.1, 0.15) is 28.7 Å². The topological polar surface area (TPSA) is 66.5 Å². The number of aryl methyl sites for hydroxylation is 3. The highest BCUT2D eigenvalue weighted by molar-refractivity contribution is 7.98. The van der Waals surface area contributed by atoms with E-state index in [1.54, 1.807) is 49.4 Å². The summed E-state index contributed by atoms with van der Waals surface area (Å²) < 4.78 is 28.2. The molecule has 0 saturated carbocycles. The molecule has 3 aromatic rings. The standard InChI is InChI=1S/C27H31ClN2O3S2/c1-20-8-12-25(13-9-20)35(32,33)30(26-17-24(28)11-10-22(26)3)18-27(31)29-14-5-15-34-19-23-7-4-6-21(2)16-23/h4,6-13,16-17H,5,14-15,18-19H2,1-3H3,(H,29,31). The fourth-order valence-electron chi connectivity index (χ4n) is 3.57. The van der Waals surface area contributed by atoms with Crippen LogP contribution in [0.25, 0.3) is 0 Å². The number of hydrogen-bond donors (Lipinski definition) is 1. The lowest BCUT2D eigenvalue weighted by molar-refractivity contribution is -0.119. The Morgan fingerprint density at radius 2 is 1.71 bits per heavy atom. The molecule has 35 heavy (non-hydrogen) atoms. The highest BCUT2D eigenvalue weighted by Gasteiger charge is 2.28. The number of nitrogens with zero attached hydrogens (tertiary/aromatic N) is 1. The fraction of sp³-hybridized carbons (Fsp3) is 0.296. The number of amides is 1. The summed E-state index contributed by atoms with van der Waals surface area (Å²) >= 11 is 7.99. The summed E-state index contributed by atoms with van der Waals surface area (Å²) in [5.74, 6) is 1.46. The first-order chi connectivity index (χ1) is 16.7. The van der Waals surface area contributed by atoms with Gasteiger partial charge in [-0.2, -0.15) is 11.8 Å². The smallest absolute Gasteiger partial charge is 0.264 e. The molecule has 0 atom stereocenters. The Bertz CT molecular complexity index is 1260. The van der Waals surface area contributed by atoms with Crippen molar-refractivity contribution >= 4 is 45.0 Å². The maximum absolute atomic E-state index is 13.5. The lowest BCUT2D eigenvalue weighted by Crippen LogP contribution is -2.41. The van der Waals surface area contributed by atoms with E-state index in [1.807, 2.05) is 18.7 Å². The lowest BCUT2D eigenvalue weighted by Gasteiger charge is -2.26. The minimum Gasteiger partial charge on any atom is -0.354 e. The van der Waals surface area contributed by atoms with Crippen LogP contribution in [0.4, 0.5) is 5.69 Å². The van der Waals surface area contributed by atoms with Crippen LogP contribution >= 0.6 is 23.4 Å². The van der Waals surface area contributed by atoms with Crippen LogP contribution in [0, 0.1) is 20.8 Å². The van der Waals surface area contributed by atoms with Gasteiger partial charge in [0.05, 0.1) is 10.6 Å². The molecule has 1 N–H and O–H groups in total. The van der Waals surface area contributed by atoms with Gasteiger partial charge in [0.2, 0.25) is 5.91 Å². The van der Waals surface area contributed by atoms with Gasteiger partial charge in [0.25, 0.3) is 10.0 Å². The van der Waals surface area contributed by atoms with Gasteiger partial charge in [0.1, 0.15) is 6.54 Å². The van der Waals surface area contributed by atoms with Crippen molar-refractivity contribution in [1.82, 2.24) is 5.32 Å². The van der Waals surface area contributed by atoms with Gasteiger partial charge in [0.15, 0.2) is 0 Å². The predicted octanol–water partition coefficient (Wildman–Crippen LogP) is 5.90. The second kappa shape index (κ2) is 12.5. The number of rotatable bonds is 11. The van der Waals surface area contributed by atoms with Crippen LogP contribution in [-0.2, 0) is 20.6 Å². The Kier molecular flexibility index (Phi) is 9.66. The number of sulfonamides is 1. The molecule has 8 heteroatoms. The van der Waals surface area contributed by atoms with Gasteiger partial charge in [-0.15, -0.1) is 0 Å². The molecule has 0 bridgehead atoms. The first-order valence-electron chi connectivity index (χ1n) is 11.4. The summed E-state index contributed by atoms with van der Waals surface area (Å²) in [5.41, 5.74) is 4.59. The maximum atomic E-state index is 13.5. The molecule has 3 rings (SSSR count). The Morgan fingerprint density at radius 3 is 2.43 bits per heavy atom. The van der Waals surface area contributed by atoms with Crippen molar-refractivity contribution in [3.05, 3.63) is 94.0 Å². The Balaban J connectivity index is 1.63. The van der Waals surface area contributed by atoms with E-state index in [0.717, 1.165) is 27.8 Å². The number of hydrogen-bond acceptors (Lipinski definition) is 4. The van der Waals surface area contributed by atoms with Crippen LogP contribution in [0.5, 0.6) is 0 Å². The third-order valence-electron chi connectivity index (χ3n) is 5.47. The summed E-state index contributed by atoms with van der Waals surface area (Å²) in [6.45, 7) is 5.92. The molecule has 0 spiro atoms. The average Bonchev–Trinajstić information content (AvgIpc) is 2.81. The highest BCUT2D eigenvalue weighted by atomic mass is 35.5. The average molecular weight is 531 g/mol. The van der Waals surface area contributed by atoms with Gasteiger partial charge >= 0.3 is 0 Å². The van der Waals surface area contributed by atoms with Crippen LogP contribution in [0.15, 0.2) is 71.6 Å². The van der Waals surface area contributed by atoms with Crippen molar-refractivity contribution in [3.63, 3.8) is 0 Å². The molecular weight excluding hydrogens is 500 g/mol. The zero-order valence-corrected chi connectivity index (χ0v) is 22.6. The molecule has 186 valence electrons. The van der Waals surface area contributed by atoms with Crippen LogP contribution in [0.2, 0.25) is 5.02 Å². The molecule has 3 aromatic carbocycles. The van der Waals surface area contributed by atoms with Gasteiger partial charge in [-0.1, -0.05) is 65.2 Å². The minimum absolute atomic E-state index is 0.128. The van der Waals surface area contributed by atoms with Crippen molar-refractivity contribution in [2.45, 2.75) is 37.8 Å². The first kappa shape index (κ1) is 27.1. The SMILES string of the molecule is Cc1ccc(S(=O)(=O)N(CC(=O)NCCCSCc2cccc(C)c2)c2cc(Cl)ccc2C)cc1. The van der Waals surface area contributed by atoms with Crippen LogP contribution in [0.3, 0.4) is 0 Å². The number of carbonyl (C=O) groups is 1. The third-order valence-corrected chi connectivity index (χ3v) is 8.60.